The molecule has 1 aliphatic rings. The third kappa shape index (κ3) is 3.69. The number of ether oxygens (including phenoxy) is 1. The number of carbonyl (C=O) groups excluding carboxylic acids is 1. The van der Waals surface area contributed by atoms with Crippen molar-refractivity contribution in [3.05, 3.63) is 47.0 Å². The summed E-state index contributed by atoms with van der Waals surface area (Å²) in [6, 6.07) is 9.96. The fourth-order valence-corrected chi connectivity index (χ4v) is 2.07. The molecule has 17 heavy (non-hydrogen) atoms. The topological polar surface area (TPSA) is 26.3 Å². The molecule has 0 amide bonds. The van der Waals surface area contributed by atoms with E-state index in [2.05, 4.69) is 0 Å². The summed E-state index contributed by atoms with van der Waals surface area (Å²) in [4.78, 5) is 11.6. The largest absolute Gasteiger partial charge is 0.376 e. The van der Waals surface area contributed by atoms with E-state index in [-0.39, 0.29) is 11.7 Å². The summed E-state index contributed by atoms with van der Waals surface area (Å²) in [5.74, 6) is 0.0653. The first kappa shape index (κ1) is 12.3. The van der Waals surface area contributed by atoms with Gasteiger partial charge in [-0.1, -0.05) is 41.9 Å². The smallest absolute Gasteiger partial charge is 0.162 e. The number of hydrogen-bond acceptors (Lipinski definition) is 2. The molecule has 0 saturated carbocycles. The summed E-state index contributed by atoms with van der Waals surface area (Å²) in [6.07, 6.45) is 3.11. The van der Waals surface area contributed by atoms with Crippen LogP contribution in [0.25, 0.3) is 0 Å². The molecule has 1 atom stereocenters. The van der Waals surface area contributed by atoms with Crippen molar-refractivity contribution in [2.24, 2.45) is 5.92 Å². The normalized spacial score (nSPS) is 20.2. The highest BCUT2D eigenvalue weighted by Crippen LogP contribution is 2.23. The van der Waals surface area contributed by atoms with E-state index in [0.717, 1.165) is 18.4 Å². The second-order valence-electron chi connectivity index (χ2n) is 4.23. The van der Waals surface area contributed by atoms with Crippen molar-refractivity contribution in [2.45, 2.75) is 19.4 Å². The quantitative estimate of drug-likeness (QED) is 0.820. The molecule has 0 saturated heterocycles. The molecule has 90 valence electrons. The van der Waals surface area contributed by atoms with Gasteiger partial charge in [-0.3, -0.25) is 4.79 Å². The summed E-state index contributed by atoms with van der Waals surface area (Å²) in [7, 11) is 0. The molecule has 3 heteroatoms. The van der Waals surface area contributed by atoms with Crippen LogP contribution in [0.15, 0.2) is 41.4 Å². The van der Waals surface area contributed by atoms with Crippen LogP contribution in [0, 0.1) is 5.92 Å². The Hall–Kier alpha value is -1.12. The van der Waals surface area contributed by atoms with Gasteiger partial charge in [0.2, 0.25) is 0 Å². The molecule has 2 nitrogen and oxygen atoms in total. The summed E-state index contributed by atoms with van der Waals surface area (Å²) < 4.78 is 5.57. The third-order valence-corrected chi connectivity index (χ3v) is 3.16. The highest BCUT2D eigenvalue weighted by atomic mass is 35.5. The Bertz CT molecular complexity index is 411. The maximum atomic E-state index is 11.6. The van der Waals surface area contributed by atoms with Crippen molar-refractivity contribution in [2.75, 3.05) is 6.61 Å². The zero-order valence-electron chi connectivity index (χ0n) is 9.56. The van der Waals surface area contributed by atoms with Gasteiger partial charge in [0, 0.05) is 11.0 Å². The molecule has 0 heterocycles. The number of allylic oxidation sites excluding steroid dienone is 2. The Morgan fingerprint density at radius 3 is 2.76 bits per heavy atom. The first-order valence-corrected chi connectivity index (χ1v) is 6.15. The van der Waals surface area contributed by atoms with E-state index in [0.29, 0.717) is 18.2 Å². The van der Waals surface area contributed by atoms with E-state index < -0.39 is 0 Å². The van der Waals surface area contributed by atoms with Gasteiger partial charge in [0.25, 0.3) is 0 Å². The van der Waals surface area contributed by atoms with Crippen LogP contribution < -0.4 is 0 Å². The molecule has 1 aliphatic carbocycles. The summed E-state index contributed by atoms with van der Waals surface area (Å²) in [5, 5.41) is 0.661. The zero-order chi connectivity index (χ0) is 12.1. The molecular weight excluding hydrogens is 236 g/mol. The van der Waals surface area contributed by atoms with E-state index in [1.165, 1.54) is 6.08 Å². The number of rotatable bonds is 4. The van der Waals surface area contributed by atoms with Crippen LogP contribution in [0.2, 0.25) is 0 Å². The van der Waals surface area contributed by atoms with Crippen LogP contribution in [0.4, 0.5) is 0 Å². The number of halogens is 1. The van der Waals surface area contributed by atoms with Crippen LogP contribution in [0.1, 0.15) is 18.4 Å². The molecule has 1 aromatic rings. The van der Waals surface area contributed by atoms with Crippen molar-refractivity contribution in [3.63, 3.8) is 0 Å². The molecule has 0 radical (unpaired) electrons. The Morgan fingerprint density at radius 2 is 2.06 bits per heavy atom. The Kier molecular flexibility index (Phi) is 4.35. The summed E-state index contributed by atoms with van der Waals surface area (Å²) in [6.45, 7) is 1.04. The molecular formula is C14H15ClO2. The van der Waals surface area contributed by atoms with Gasteiger partial charge in [-0.05, 0) is 24.5 Å². The van der Waals surface area contributed by atoms with E-state index in [1.807, 2.05) is 30.3 Å². The molecule has 1 aromatic carbocycles. The Morgan fingerprint density at radius 1 is 1.29 bits per heavy atom. The Balaban J connectivity index is 1.78. The SMILES string of the molecule is O=C1C=C(Cl)CCC1COCc1ccccc1. The average Bonchev–Trinajstić information content (AvgIpc) is 2.33. The van der Waals surface area contributed by atoms with Gasteiger partial charge in [-0.2, -0.15) is 0 Å². The molecule has 2 rings (SSSR count). The van der Waals surface area contributed by atoms with E-state index >= 15 is 0 Å². The van der Waals surface area contributed by atoms with Crippen LogP contribution in [0.5, 0.6) is 0 Å². The fraction of sp³-hybridized carbons (Fsp3) is 0.357. The van der Waals surface area contributed by atoms with Crippen molar-refractivity contribution < 1.29 is 9.53 Å². The van der Waals surface area contributed by atoms with Gasteiger partial charge in [0.1, 0.15) is 0 Å². The first-order chi connectivity index (χ1) is 8.25. The van der Waals surface area contributed by atoms with Crippen molar-refractivity contribution in [3.8, 4) is 0 Å². The van der Waals surface area contributed by atoms with Crippen molar-refractivity contribution >= 4 is 17.4 Å². The van der Waals surface area contributed by atoms with Gasteiger partial charge in [-0.15, -0.1) is 0 Å². The van der Waals surface area contributed by atoms with Gasteiger partial charge in [-0.25, -0.2) is 0 Å². The number of benzene rings is 1. The molecule has 1 unspecified atom stereocenters. The summed E-state index contributed by atoms with van der Waals surface area (Å²) in [5.41, 5.74) is 1.13. The standard InChI is InChI=1S/C14H15ClO2/c15-13-7-6-12(14(16)8-13)10-17-9-11-4-2-1-3-5-11/h1-5,8,12H,6-7,9-10H2. The van der Waals surface area contributed by atoms with Gasteiger partial charge in [0.15, 0.2) is 5.78 Å². The van der Waals surface area contributed by atoms with Crippen LogP contribution in [-0.2, 0) is 16.1 Å². The lowest BCUT2D eigenvalue weighted by Crippen LogP contribution is -2.21. The second-order valence-corrected chi connectivity index (χ2v) is 4.72. The minimum Gasteiger partial charge on any atom is -0.376 e. The predicted molar refractivity (Wildman–Crippen MR) is 67.8 cm³/mol. The Labute approximate surface area is 106 Å². The minimum atomic E-state index is -0.0267. The van der Waals surface area contributed by atoms with Crippen LogP contribution >= 0.6 is 11.6 Å². The van der Waals surface area contributed by atoms with Crippen LogP contribution in [0.3, 0.4) is 0 Å². The maximum absolute atomic E-state index is 11.6. The van der Waals surface area contributed by atoms with E-state index in [4.69, 9.17) is 16.3 Å². The van der Waals surface area contributed by atoms with Gasteiger partial charge >= 0.3 is 0 Å². The molecule has 0 bridgehead atoms. The van der Waals surface area contributed by atoms with E-state index in [1.54, 1.807) is 0 Å². The lowest BCUT2D eigenvalue weighted by molar-refractivity contribution is -0.121. The highest BCUT2D eigenvalue weighted by Gasteiger charge is 2.21. The lowest BCUT2D eigenvalue weighted by atomic mass is 9.94. The fourth-order valence-electron chi connectivity index (χ4n) is 1.86. The summed E-state index contributed by atoms with van der Waals surface area (Å²) >= 11 is 5.81. The zero-order valence-corrected chi connectivity index (χ0v) is 10.3. The predicted octanol–water partition coefficient (Wildman–Crippen LogP) is 3.31. The number of hydrogen-bond donors (Lipinski definition) is 0. The molecule has 0 fully saturated rings. The second kappa shape index (κ2) is 5.99. The molecule has 0 aromatic heterocycles. The monoisotopic (exact) mass is 250 g/mol. The molecule has 0 aliphatic heterocycles. The first-order valence-electron chi connectivity index (χ1n) is 5.77. The van der Waals surface area contributed by atoms with E-state index in [9.17, 15) is 4.79 Å². The average molecular weight is 251 g/mol. The molecule has 0 spiro atoms. The van der Waals surface area contributed by atoms with Gasteiger partial charge < -0.3 is 4.74 Å². The number of ketones is 1. The van der Waals surface area contributed by atoms with Crippen LogP contribution in [-0.4, -0.2) is 12.4 Å². The molecule has 0 N–H and O–H groups in total. The highest BCUT2D eigenvalue weighted by molar-refractivity contribution is 6.31. The van der Waals surface area contributed by atoms with Gasteiger partial charge in [0.05, 0.1) is 13.2 Å². The van der Waals surface area contributed by atoms with Crippen molar-refractivity contribution in [1.29, 1.82) is 0 Å². The third-order valence-electron chi connectivity index (χ3n) is 2.86. The maximum Gasteiger partial charge on any atom is 0.162 e. The lowest BCUT2D eigenvalue weighted by Gasteiger charge is -2.18. The van der Waals surface area contributed by atoms with Crippen molar-refractivity contribution in [1.82, 2.24) is 0 Å². The minimum absolute atomic E-state index is 0.0267. The number of carbonyl (C=O) groups is 1.